The molecule has 9 N–H and O–H groups in total. The maximum Gasteiger partial charge on any atom is 0.272 e. The molecular weight excluding hydrogens is 398 g/mol. The molecule has 1 aliphatic carbocycles. The number of aliphatic hydroxyl groups excluding tert-OH is 1. The minimum Gasteiger partial charge on any atom is -0.370 e. The molecule has 0 bridgehead atoms. The number of nitrogens with two attached hydrogens (primary N) is 3. The van der Waals surface area contributed by atoms with E-state index in [-0.39, 0.29) is 35.6 Å². The van der Waals surface area contributed by atoms with Crippen LogP contribution in [0.5, 0.6) is 0 Å². The number of aliphatic hydroxyl groups is 1. The Morgan fingerprint density at radius 2 is 2.07 bits per heavy atom. The fraction of sp³-hybridized carbons (Fsp3) is 0.588. The zero-order valence-electron chi connectivity index (χ0n) is 15.4. The SMILES string of the molecule is NC[C@H]1[C@H]2CN3C(=O)c4cccn4[C@H]4N=C(N)N[C@]43[C@H]2[C@@]2(NC(N)=N[C@@H]2O)[C@H]1Cl. The zero-order valence-corrected chi connectivity index (χ0v) is 16.1. The van der Waals surface area contributed by atoms with E-state index in [1.807, 2.05) is 16.8 Å². The van der Waals surface area contributed by atoms with Gasteiger partial charge < -0.3 is 42.4 Å². The largest absolute Gasteiger partial charge is 0.370 e. The molecule has 154 valence electrons. The summed E-state index contributed by atoms with van der Waals surface area (Å²) in [6, 6.07) is 3.58. The Balaban J connectivity index is 1.60. The molecule has 29 heavy (non-hydrogen) atoms. The first-order valence-electron chi connectivity index (χ1n) is 9.60. The number of rotatable bonds is 1. The maximum atomic E-state index is 13.4. The molecule has 1 saturated carbocycles. The van der Waals surface area contributed by atoms with E-state index in [4.69, 9.17) is 28.8 Å². The highest BCUT2D eigenvalue weighted by molar-refractivity contribution is 6.22. The monoisotopic (exact) mass is 419 g/mol. The Kier molecular flexibility index (Phi) is 3.09. The fourth-order valence-electron chi connectivity index (χ4n) is 6.54. The van der Waals surface area contributed by atoms with E-state index in [1.54, 1.807) is 11.0 Å². The number of halogens is 1. The van der Waals surface area contributed by atoms with E-state index in [1.165, 1.54) is 0 Å². The topological polar surface area (TPSA) is 172 Å². The molecule has 8 atom stereocenters. The van der Waals surface area contributed by atoms with Gasteiger partial charge in [0.15, 0.2) is 30.0 Å². The van der Waals surface area contributed by atoms with Crippen molar-refractivity contribution in [1.82, 2.24) is 20.1 Å². The Labute approximate surface area is 170 Å². The average molecular weight is 420 g/mol. The number of carbonyl (C=O) groups excluding carboxylic acids is 1. The van der Waals surface area contributed by atoms with Gasteiger partial charge in [0.05, 0.1) is 5.38 Å². The van der Waals surface area contributed by atoms with Gasteiger partial charge in [-0.1, -0.05) is 0 Å². The summed E-state index contributed by atoms with van der Waals surface area (Å²) in [6.45, 7) is 0.721. The number of nitrogens with one attached hydrogen (secondary N) is 2. The van der Waals surface area contributed by atoms with Gasteiger partial charge >= 0.3 is 0 Å². The molecule has 2 fully saturated rings. The molecule has 11 nitrogen and oxygen atoms in total. The summed E-state index contributed by atoms with van der Waals surface area (Å²) >= 11 is 6.94. The summed E-state index contributed by atoms with van der Waals surface area (Å²) in [7, 11) is 0. The van der Waals surface area contributed by atoms with Crippen LogP contribution in [0.15, 0.2) is 28.3 Å². The molecule has 1 saturated heterocycles. The summed E-state index contributed by atoms with van der Waals surface area (Å²) < 4.78 is 1.83. The second-order valence-electron chi connectivity index (χ2n) is 8.44. The molecule has 0 aromatic carbocycles. The van der Waals surface area contributed by atoms with E-state index in [0.717, 1.165) is 0 Å². The Morgan fingerprint density at radius 3 is 2.76 bits per heavy atom. The van der Waals surface area contributed by atoms with Crippen LogP contribution in [0.2, 0.25) is 0 Å². The molecule has 1 aromatic heterocycles. The lowest BCUT2D eigenvalue weighted by Crippen LogP contribution is -2.74. The normalized spacial score (nSPS) is 46.6. The predicted molar refractivity (Wildman–Crippen MR) is 105 cm³/mol. The molecule has 1 aromatic rings. The Morgan fingerprint density at radius 1 is 1.31 bits per heavy atom. The smallest absolute Gasteiger partial charge is 0.272 e. The van der Waals surface area contributed by atoms with Gasteiger partial charge in [0.1, 0.15) is 11.2 Å². The third kappa shape index (κ3) is 1.68. The van der Waals surface area contributed by atoms with Crippen molar-refractivity contribution >= 4 is 29.4 Å². The molecule has 4 aliphatic heterocycles. The highest BCUT2D eigenvalue weighted by atomic mass is 35.5. The number of amides is 1. The van der Waals surface area contributed by atoms with Gasteiger partial charge in [-0.2, -0.15) is 0 Å². The average Bonchev–Trinajstić information content (AvgIpc) is 3.42. The van der Waals surface area contributed by atoms with Gasteiger partial charge in [-0.15, -0.1) is 11.6 Å². The summed E-state index contributed by atoms with van der Waals surface area (Å²) in [5, 5.41) is 16.9. The minimum absolute atomic E-state index is 0.101. The number of fused-ring (bicyclic) bond motifs is 4. The van der Waals surface area contributed by atoms with Crippen LogP contribution in [-0.2, 0) is 0 Å². The van der Waals surface area contributed by atoms with E-state index < -0.39 is 29.0 Å². The number of nitrogens with zero attached hydrogens (tertiary/aromatic N) is 4. The van der Waals surface area contributed by atoms with E-state index in [9.17, 15) is 9.90 Å². The third-order valence-electron chi connectivity index (χ3n) is 7.43. The van der Waals surface area contributed by atoms with Crippen molar-refractivity contribution < 1.29 is 9.90 Å². The number of hydrogen-bond donors (Lipinski definition) is 6. The van der Waals surface area contributed by atoms with Crippen molar-refractivity contribution in [2.45, 2.75) is 29.0 Å². The summed E-state index contributed by atoms with van der Waals surface area (Å²) in [5.41, 5.74) is 16.6. The van der Waals surface area contributed by atoms with Crippen LogP contribution in [0.3, 0.4) is 0 Å². The van der Waals surface area contributed by atoms with Crippen molar-refractivity contribution in [3.05, 3.63) is 24.0 Å². The van der Waals surface area contributed by atoms with Crippen LogP contribution in [0.4, 0.5) is 0 Å². The Hall–Kier alpha value is -2.50. The minimum atomic E-state index is -1.19. The van der Waals surface area contributed by atoms with E-state index in [0.29, 0.717) is 18.8 Å². The quantitative estimate of drug-likeness (QED) is 0.272. The molecule has 1 amide bonds. The molecule has 2 spiro atoms. The van der Waals surface area contributed by atoms with Crippen LogP contribution < -0.4 is 27.8 Å². The van der Waals surface area contributed by atoms with Crippen LogP contribution >= 0.6 is 11.6 Å². The molecule has 6 rings (SSSR count). The van der Waals surface area contributed by atoms with E-state index in [2.05, 4.69) is 20.6 Å². The molecular formula is C17H22ClN9O2. The van der Waals surface area contributed by atoms with Gasteiger partial charge in [0.25, 0.3) is 5.91 Å². The first-order chi connectivity index (χ1) is 13.9. The lowest BCUT2D eigenvalue weighted by atomic mass is 9.73. The van der Waals surface area contributed by atoms with E-state index >= 15 is 0 Å². The zero-order chi connectivity index (χ0) is 20.3. The Bertz CT molecular complexity index is 993. The van der Waals surface area contributed by atoms with Gasteiger partial charge in [0.2, 0.25) is 0 Å². The van der Waals surface area contributed by atoms with Gasteiger partial charge in [-0.3, -0.25) is 4.79 Å². The highest BCUT2D eigenvalue weighted by Gasteiger charge is 2.79. The molecule has 5 aliphatic rings. The second-order valence-corrected chi connectivity index (χ2v) is 8.91. The second kappa shape index (κ2) is 5.15. The van der Waals surface area contributed by atoms with Crippen LogP contribution in [0, 0.1) is 17.8 Å². The first kappa shape index (κ1) is 17.4. The molecule has 0 unspecified atom stereocenters. The van der Waals surface area contributed by atoms with Crippen molar-refractivity contribution in [3.63, 3.8) is 0 Å². The number of alkyl halides is 1. The van der Waals surface area contributed by atoms with Gasteiger partial charge in [0, 0.05) is 18.7 Å². The molecule has 0 radical (unpaired) electrons. The van der Waals surface area contributed by atoms with Crippen LogP contribution in [0.25, 0.3) is 0 Å². The highest BCUT2D eigenvalue weighted by Crippen LogP contribution is 2.63. The fourth-order valence-corrected chi connectivity index (χ4v) is 7.13. The summed E-state index contributed by atoms with van der Waals surface area (Å²) in [4.78, 5) is 24.0. The first-order valence-corrected chi connectivity index (χ1v) is 10.0. The number of guanidine groups is 2. The standard InChI is InChI=1S/C17H22ClN9O2/c18-10-6(4-19)7-5-27-11(28)8-2-1-3-26(8)12-17(27,25-14(20)22-12)9(7)16(10)13(29)23-15(21)24-16/h1-3,6-7,9-10,12-13,29H,4-5,19H2,(H3,20,22,25)(H3,21,23,24)/t6-,7+,9+,10-,12+,13+,16+,17-/m0/s1. The number of carbonyl (C=O) groups is 1. The molecule has 5 heterocycles. The third-order valence-corrected chi connectivity index (χ3v) is 8.12. The van der Waals surface area contributed by atoms with Crippen LogP contribution in [0.1, 0.15) is 16.7 Å². The van der Waals surface area contributed by atoms with Crippen LogP contribution in [-0.4, -0.2) is 68.3 Å². The maximum absolute atomic E-state index is 13.4. The number of aromatic nitrogens is 1. The van der Waals surface area contributed by atoms with Gasteiger partial charge in [-0.25, -0.2) is 9.98 Å². The van der Waals surface area contributed by atoms with Gasteiger partial charge in [-0.05, 0) is 30.5 Å². The summed E-state index contributed by atoms with van der Waals surface area (Å²) in [6.07, 6.45) is 0.125. The van der Waals surface area contributed by atoms with Crippen molar-refractivity contribution in [1.29, 1.82) is 0 Å². The lowest BCUT2D eigenvalue weighted by Gasteiger charge is -2.51. The summed E-state index contributed by atoms with van der Waals surface area (Å²) in [5.74, 6) is -0.441. The van der Waals surface area contributed by atoms with Crippen molar-refractivity contribution in [2.24, 2.45) is 44.9 Å². The van der Waals surface area contributed by atoms with Crippen molar-refractivity contribution in [2.75, 3.05) is 13.1 Å². The van der Waals surface area contributed by atoms with Crippen molar-refractivity contribution in [3.8, 4) is 0 Å². The molecule has 12 heteroatoms. The number of aliphatic imine (C=N–C) groups is 2. The predicted octanol–water partition coefficient (Wildman–Crippen LogP) is -2.53. The lowest BCUT2D eigenvalue weighted by molar-refractivity contribution is -0.0269. The number of hydrogen-bond acceptors (Lipinski definition) is 9.